The second kappa shape index (κ2) is 7.46. The van der Waals surface area contributed by atoms with Gasteiger partial charge in [-0.3, -0.25) is 19.4 Å². The van der Waals surface area contributed by atoms with Crippen LogP contribution < -0.4 is 31.6 Å². The van der Waals surface area contributed by atoms with E-state index >= 15 is 0 Å². The fourth-order valence-corrected chi connectivity index (χ4v) is 4.63. The molecule has 34 heavy (non-hydrogen) atoms. The highest BCUT2D eigenvalue weighted by Crippen LogP contribution is 2.32. The summed E-state index contributed by atoms with van der Waals surface area (Å²) in [7, 11) is 0. The summed E-state index contributed by atoms with van der Waals surface area (Å²) in [4.78, 5) is 45.9. The average molecular weight is 455 g/mol. The molecule has 2 aromatic rings. The van der Waals surface area contributed by atoms with Crippen molar-refractivity contribution in [3.05, 3.63) is 74.9 Å². The van der Waals surface area contributed by atoms with Crippen LogP contribution in [0.4, 0.5) is 5.69 Å². The largest absolute Gasteiger partial charge is 0.340 e. The van der Waals surface area contributed by atoms with Crippen molar-refractivity contribution in [2.75, 3.05) is 24.8 Å². The maximum absolute atomic E-state index is 13.3. The highest BCUT2D eigenvalue weighted by Gasteiger charge is 2.48. The molecule has 4 heterocycles. The van der Waals surface area contributed by atoms with Gasteiger partial charge in [0.05, 0.1) is 22.9 Å². The van der Waals surface area contributed by atoms with Crippen LogP contribution in [0.15, 0.2) is 58.2 Å². The Balaban J connectivity index is 1.13. The molecular weight excluding hydrogens is 434 g/mol. The van der Waals surface area contributed by atoms with E-state index < -0.39 is 5.60 Å². The summed E-state index contributed by atoms with van der Waals surface area (Å²) in [6.45, 7) is 3.01. The highest BCUT2D eigenvalue weighted by molar-refractivity contribution is 6.06. The summed E-state index contributed by atoms with van der Waals surface area (Å²) in [6, 6.07) is 11.3. The number of anilines is 1. The molecule has 4 aliphatic rings. The van der Waals surface area contributed by atoms with Gasteiger partial charge in [-0.05, 0) is 49.2 Å². The van der Waals surface area contributed by atoms with Gasteiger partial charge in [-0.25, -0.2) is 9.98 Å². The second-order valence-corrected chi connectivity index (χ2v) is 8.84. The van der Waals surface area contributed by atoms with E-state index in [1.54, 1.807) is 11.8 Å². The molecule has 1 saturated heterocycles. The van der Waals surface area contributed by atoms with Crippen LogP contribution in [0, 0.1) is 0 Å². The number of nitrogens with zero attached hydrogens (tertiary/aromatic N) is 4. The molecule has 1 atom stereocenters. The van der Waals surface area contributed by atoms with E-state index in [2.05, 4.69) is 15.4 Å². The molecule has 0 radical (unpaired) electrons. The van der Waals surface area contributed by atoms with E-state index in [1.807, 2.05) is 47.6 Å². The van der Waals surface area contributed by atoms with Gasteiger partial charge in [-0.15, -0.1) is 0 Å². The van der Waals surface area contributed by atoms with Crippen LogP contribution in [-0.4, -0.2) is 48.0 Å². The first kappa shape index (κ1) is 20.5. The summed E-state index contributed by atoms with van der Waals surface area (Å²) >= 11 is 0. The number of nitrogens with one attached hydrogen (secondary N) is 1. The molecule has 1 unspecified atom stereocenters. The SMILES string of the molecule is CC1(C2=CNN(c3ccc4c(c3)=CC(=O)N=4)C2)OCN(CCc2ccc3c(c2)=CC(=O)N=3)C1=O. The third-order valence-corrected chi connectivity index (χ3v) is 6.64. The van der Waals surface area contributed by atoms with Gasteiger partial charge in [0.15, 0.2) is 5.60 Å². The van der Waals surface area contributed by atoms with Gasteiger partial charge in [0.2, 0.25) is 0 Å². The number of hydrogen-bond donors (Lipinski definition) is 1. The van der Waals surface area contributed by atoms with E-state index in [4.69, 9.17) is 4.74 Å². The van der Waals surface area contributed by atoms with Gasteiger partial charge in [-0.1, -0.05) is 6.07 Å². The molecular formula is C25H21N5O4. The predicted molar refractivity (Wildman–Crippen MR) is 122 cm³/mol. The Morgan fingerprint density at radius 3 is 2.47 bits per heavy atom. The molecule has 9 nitrogen and oxygen atoms in total. The van der Waals surface area contributed by atoms with Gasteiger partial charge >= 0.3 is 0 Å². The van der Waals surface area contributed by atoms with Gasteiger partial charge in [0.25, 0.3) is 17.7 Å². The monoisotopic (exact) mass is 455 g/mol. The summed E-state index contributed by atoms with van der Waals surface area (Å²) in [6.07, 6.45) is 5.50. The second-order valence-electron chi connectivity index (χ2n) is 8.84. The minimum absolute atomic E-state index is 0.0769. The first-order valence-corrected chi connectivity index (χ1v) is 11.0. The lowest BCUT2D eigenvalue weighted by molar-refractivity contribution is -0.133. The predicted octanol–water partition coefficient (Wildman–Crippen LogP) is -1.41. The zero-order valence-electron chi connectivity index (χ0n) is 18.4. The standard InChI is InChI=1S/C25H21N5O4/c1-25(18-12-26-30(13-18)19-3-5-21-17(9-19)11-23(32)28-21)24(33)29(14-34-25)7-6-15-2-4-20-16(8-15)10-22(31)27-20/h2-5,8-12,26H,6-7,13-14H2,1H3. The van der Waals surface area contributed by atoms with E-state index in [-0.39, 0.29) is 24.5 Å². The number of amides is 3. The lowest BCUT2D eigenvalue weighted by Crippen LogP contribution is -2.42. The van der Waals surface area contributed by atoms with E-state index in [9.17, 15) is 14.4 Å². The molecule has 6 rings (SSSR count). The Kier molecular flexibility index (Phi) is 4.50. The van der Waals surface area contributed by atoms with E-state index in [0.717, 1.165) is 27.3 Å². The van der Waals surface area contributed by atoms with Crippen molar-refractivity contribution >= 4 is 35.6 Å². The third kappa shape index (κ3) is 3.32. The summed E-state index contributed by atoms with van der Waals surface area (Å²) < 4.78 is 6.01. The molecule has 0 bridgehead atoms. The van der Waals surface area contributed by atoms with Crippen molar-refractivity contribution in [1.29, 1.82) is 0 Å². The zero-order valence-corrected chi connectivity index (χ0v) is 18.4. The summed E-state index contributed by atoms with van der Waals surface area (Å²) in [5.41, 5.74) is 4.89. The third-order valence-electron chi connectivity index (χ3n) is 6.64. The number of benzene rings is 2. The number of carbonyl (C=O) groups excluding carboxylic acids is 3. The number of fused-ring (bicyclic) bond motifs is 2. The average Bonchev–Trinajstić information content (AvgIpc) is 3.58. The van der Waals surface area contributed by atoms with Crippen molar-refractivity contribution in [1.82, 2.24) is 10.3 Å². The Hall–Kier alpha value is -4.11. The molecule has 3 amide bonds. The maximum Gasteiger partial charge on any atom is 0.270 e. The van der Waals surface area contributed by atoms with Crippen LogP contribution in [0.25, 0.3) is 12.2 Å². The van der Waals surface area contributed by atoms with Crippen molar-refractivity contribution in [3.63, 3.8) is 0 Å². The fourth-order valence-electron chi connectivity index (χ4n) is 4.63. The van der Waals surface area contributed by atoms with Crippen LogP contribution in [-0.2, 0) is 25.5 Å². The number of rotatable bonds is 5. The quantitative estimate of drug-likeness (QED) is 0.595. The molecule has 0 spiro atoms. The smallest absolute Gasteiger partial charge is 0.270 e. The van der Waals surface area contributed by atoms with Crippen LogP contribution in [0.1, 0.15) is 12.5 Å². The molecule has 0 aliphatic carbocycles. The van der Waals surface area contributed by atoms with Gasteiger partial charge in [0.1, 0.15) is 6.73 Å². The molecule has 170 valence electrons. The molecule has 9 heteroatoms. The van der Waals surface area contributed by atoms with Crippen LogP contribution in [0.2, 0.25) is 0 Å². The van der Waals surface area contributed by atoms with Crippen LogP contribution >= 0.6 is 0 Å². The first-order chi connectivity index (χ1) is 16.4. The first-order valence-electron chi connectivity index (χ1n) is 11.0. The number of hydrogen-bond acceptors (Lipinski definition) is 6. The van der Waals surface area contributed by atoms with Crippen molar-refractivity contribution in [2.24, 2.45) is 9.98 Å². The maximum atomic E-state index is 13.3. The van der Waals surface area contributed by atoms with E-state index in [1.165, 1.54) is 12.2 Å². The molecule has 2 aromatic carbocycles. The highest BCUT2D eigenvalue weighted by atomic mass is 16.5. The molecule has 1 N–H and O–H groups in total. The molecule has 1 fully saturated rings. The Labute approximate surface area is 194 Å². The normalized spacial score (nSPS) is 22.5. The molecule has 0 aromatic heterocycles. The van der Waals surface area contributed by atoms with Crippen LogP contribution in [0.5, 0.6) is 0 Å². The van der Waals surface area contributed by atoms with Gasteiger partial charge < -0.3 is 15.1 Å². The van der Waals surface area contributed by atoms with Gasteiger partial charge in [-0.2, -0.15) is 0 Å². The van der Waals surface area contributed by atoms with Crippen molar-refractivity contribution < 1.29 is 19.1 Å². The number of carbonyl (C=O) groups is 3. The topological polar surface area (TPSA) is 104 Å². The lowest BCUT2D eigenvalue weighted by Gasteiger charge is -2.24. The minimum atomic E-state index is -1.05. The Morgan fingerprint density at radius 2 is 1.71 bits per heavy atom. The summed E-state index contributed by atoms with van der Waals surface area (Å²) in [5, 5.41) is 4.87. The lowest BCUT2D eigenvalue weighted by atomic mass is 9.95. The zero-order chi connectivity index (χ0) is 23.4. The molecule has 4 aliphatic heterocycles. The summed E-state index contributed by atoms with van der Waals surface area (Å²) in [5.74, 6) is -0.563. The molecule has 0 saturated carbocycles. The van der Waals surface area contributed by atoms with Crippen molar-refractivity contribution in [3.8, 4) is 0 Å². The fraction of sp³-hybridized carbons (Fsp3) is 0.240. The number of hydrazine groups is 1. The van der Waals surface area contributed by atoms with Crippen molar-refractivity contribution in [2.45, 2.75) is 18.9 Å². The van der Waals surface area contributed by atoms with Gasteiger partial charge in [0, 0.05) is 40.9 Å². The Morgan fingerprint density at radius 1 is 1.00 bits per heavy atom. The van der Waals surface area contributed by atoms with Crippen LogP contribution in [0.3, 0.4) is 0 Å². The minimum Gasteiger partial charge on any atom is -0.340 e. The number of ether oxygens (including phenoxy) is 1. The van der Waals surface area contributed by atoms with E-state index in [0.29, 0.717) is 30.2 Å². The Bertz CT molecular complexity index is 1560.